The Labute approximate surface area is 101 Å². The Morgan fingerprint density at radius 3 is 1.31 bits per heavy atom. The maximum Gasteiger partial charge on any atom is -0.0100 e. The lowest BCUT2D eigenvalue weighted by Gasteiger charge is -1.98. The zero-order valence-electron chi connectivity index (χ0n) is 9.93. The topological polar surface area (TPSA) is 0 Å². The third-order valence-corrected chi connectivity index (χ3v) is 2.88. The summed E-state index contributed by atoms with van der Waals surface area (Å²) in [6.07, 6.45) is 1.25. The van der Waals surface area contributed by atoms with Crippen molar-refractivity contribution < 1.29 is 0 Å². The molecule has 0 nitrogen and oxygen atoms in total. The first-order valence-electron chi connectivity index (χ1n) is 5.68. The van der Waals surface area contributed by atoms with Gasteiger partial charge in [0.05, 0.1) is 0 Å². The molecule has 0 saturated carbocycles. The van der Waals surface area contributed by atoms with Gasteiger partial charge in [-0.2, -0.15) is 0 Å². The molecule has 0 spiro atoms. The fraction of sp³-hybridized carbons (Fsp3) is 0.200. The molecule has 0 N–H and O–H groups in total. The Balaban J connectivity index is 0.000000386. The van der Waals surface area contributed by atoms with E-state index in [-0.39, 0.29) is 0 Å². The minimum Gasteiger partial charge on any atom is -0.0656 e. The highest BCUT2D eigenvalue weighted by atomic mass is 31.1. The van der Waals surface area contributed by atoms with Gasteiger partial charge in [0.15, 0.2) is 0 Å². The summed E-state index contributed by atoms with van der Waals surface area (Å²) in [4.78, 5) is 0. The van der Waals surface area contributed by atoms with Crippen LogP contribution in [0.4, 0.5) is 0 Å². The number of hydrogen-bond donors (Lipinski definition) is 0. The first-order chi connectivity index (χ1) is 7.86. The molecule has 2 rings (SSSR count). The Kier molecular flexibility index (Phi) is 6.53. The van der Waals surface area contributed by atoms with Crippen molar-refractivity contribution >= 4 is 19.2 Å². The van der Waals surface area contributed by atoms with Gasteiger partial charge >= 0.3 is 0 Å². The predicted molar refractivity (Wildman–Crippen MR) is 75.0 cm³/mol. The molecule has 0 aliphatic carbocycles. The molecule has 0 fully saturated rings. The summed E-state index contributed by atoms with van der Waals surface area (Å²) < 4.78 is 0. The summed E-state index contributed by atoms with van der Waals surface area (Å²) in [7, 11) is 1.28. The molecule has 0 unspecified atom stereocenters. The van der Waals surface area contributed by atoms with E-state index in [4.69, 9.17) is 0 Å². The van der Waals surface area contributed by atoms with E-state index in [9.17, 15) is 0 Å². The summed E-state index contributed by atoms with van der Waals surface area (Å²) in [6.45, 7) is 4.25. The van der Waals surface area contributed by atoms with Gasteiger partial charge in [-0.1, -0.05) is 80.9 Å². The Morgan fingerprint density at radius 1 is 0.688 bits per heavy atom. The second-order valence-electron chi connectivity index (χ2n) is 3.49. The van der Waals surface area contributed by atoms with Crippen LogP contribution in [-0.4, -0.2) is 0 Å². The fourth-order valence-electron chi connectivity index (χ4n) is 1.15. The van der Waals surface area contributed by atoms with Gasteiger partial charge in [0.25, 0.3) is 0 Å². The largest absolute Gasteiger partial charge is 0.0656 e. The second-order valence-corrected chi connectivity index (χ2v) is 4.75. The van der Waals surface area contributed by atoms with Crippen LogP contribution in [0.15, 0.2) is 60.7 Å². The van der Waals surface area contributed by atoms with Crippen molar-refractivity contribution in [2.75, 3.05) is 0 Å². The van der Waals surface area contributed by atoms with Crippen LogP contribution in [-0.2, 0) is 0 Å². The Morgan fingerprint density at radius 2 is 1.00 bits per heavy atom. The van der Waals surface area contributed by atoms with Crippen LogP contribution in [0.1, 0.15) is 20.3 Å². The highest BCUT2D eigenvalue weighted by Crippen LogP contribution is 2.08. The maximum absolute atomic E-state index is 2.15. The third kappa shape index (κ3) is 5.09. The fourth-order valence-corrected chi connectivity index (χ4v) is 2.09. The Hall–Kier alpha value is -1.13. The number of rotatable bonds is 2. The van der Waals surface area contributed by atoms with E-state index in [0.29, 0.717) is 0 Å². The molecular formula is C15H18P. The van der Waals surface area contributed by atoms with E-state index in [2.05, 4.69) is 62.4 Å². The number of hydrogen-bond acceptors (Lipinski definition) is 0. The second kappa shape index (κ2) is 8.07. The lowest BCUT2D eigenvalue weighted by Crippen LogP contribution is -2.01. The van der Waals surface area contributed by atoms with Gasteiger partial charge in [-0.15, -0.1) is 0 Å². The molecular weight excluding hydrogens is 211 g/mol. The first-order valence-corrected chi connectivity index (χ1v) is 6.58. The molecule has 0 aliphatic rings. The molecule has 0 saturated heterocycles. The molecule has 2 aromatic carbocycles. The Bertz CT molecular complexity index is 330. The van der Waals surface area contributed by atoms with E-state index in [1.54, 1.807) is 0 Å². The molecule has 83 valence electrons. The minimum absolute atomic E-state index is 1.25. The first kappa shape index (κ1) is 12.9. The summed E-state index contributed by atoms with van der Waals surface area (Å²) in [5.74, 6) is 0. The van der Waals surface area contributed by atoms with Gasteiger partial charge in [0.2, 0.25) is 0 Å². The van der Waals surface area contributed by atoms with Crippen LogP contribution in [0, 0.1) is 0 Å². The van der Waals surface area contributed by atoms with Gasteiger partial charge in [0.1, 0.15) is 0 Å². The SMILES string of the molecule is CCC.c1ccc([P]c2ccccc2)cc1. The maximum atomic E-state index is 2.15. The zero-order chi connectivity index (χ0) is 11.6. The van der Waals surface area contributed by atoms with Crippen molar-refractivity contribution in [1.82, 2.24) is 0 Å². The summed E-state index contributed by atoms with van der Waals surface area (Å²) in [6, 6.07) is 21.0. The van der Waals surface area contributed by atoms with Crippen molar-refractivity contribution in [3.63, 3.8) is 0 Å². The van der Waals surface area contributed by atoms with Gasteiger partial charge < -0.3 is 0 Å². The average Bonchev–Trinajstić information content (AvgIpc) is 2.33. The smallest absolute Gasteiger partial charge is 0.0100 e. The van der Waals surface area contributed by atoms with Crippen LogP contribution in [0.3, 0.4) is 0 Å². The van der Waals surface area contributed by atoms with Gasteiger partial charge in [0, 0.05) is 0 Å². The highest BCUT2D eigenvalue weighted by molar-refractivity contribution is 7.55. The summed E-state index contributed by atoms with van der Waals surface area (Å²) >= 11 is 0. The molecule has 0 amide bonds. The third-order valence-electron chi connectivity index (χ3n) is 1.77. The standard InChI is InChI=1S/C12H10P.C3H8/c1-3-7-11(8-4-1)13-12-9-5-2-6-10-12;1-3-2/h1-10H;3H2,1-2H3. The zero-order valence-corrected chi connectivity index (χ0v) is 10.8. The molecule has 0 bridgehead atoms. The van der Waals surface area contributed by atoms with Gasteiger partial charge in [-0.3, -0.25) is 0 Å². The van der Waals surface area contributed by atoms with Gasteiger partial charge in [-0.05, 0) is 19.2 Å². The van der Waals surface area contributed by atoms with E-state index in [1.807, 2.05) is 12.1 Å². The molecule has 1 heteroatoms. The highest BCUT2D eigenvalue weighted by Gasteiger charge is 1.93. The van der Waals surface area contributed by atoms with E-state index < -0.39 is 0 Å². The molecule has 0 atom stereocenters. The molecule has 2 aromatic rings. The van der Waals surface area contributed by atoms with Crippen molar-refractivity contribution in [3.8, 4) is 0 Å². The normalized spacial score (nSPS) is 9.12. The van der Waals surface area contributed by atoms with E-state index in [0.717, 1.165) is 0 Å². The molecule has 0 heterocycles. The molecule has 16 heavy (non-hydrogen) atoms. The number of benzene rings is 2. The average molecular weight is 229 g/mol. The van der Waals surface area contributed by atoms with E-state index in [1.165, 1.54) is 25.6 Å². The van der Waals surface area contributed by atoms with E-state index >= 15 is 0 Å². The minimum atomic E-state index is 1.25. The van der Waals surface area contributed by atoms with Crippen molar-refractivity contribution in [3.05, 3.63) is 60.7 Å². The van der Waals surface area contributed by atoms with Crippen molar-refractivity contribution in [2.45, 2.75) is 20.3 Å². The van der Waals surface area contributed by atoms with Crippen LogP contribution in [0.25, 0.3) is 0 Å². The lowest BCUT2D eigenvalue weighted by molar-refractivity contribution is 1.09. The summed E-state index contributed by atoms with van der Waals surface area (Å²) in [5.41, 5.74) is 0. The monoisotopic (exact) mass is 229 g/mol. The summed E-state index contributed by atoms with van der Waals surface area (Å²) in [5, 5.41) is 2.68. The van der Waals surface area contributed by atoms with Crippen molar-refractivity contribution in [1.29, 1.82) is 0 Å². The van der Waals surface area contributed by atoms with Crippen LogP contribution >= 0.6 is 8.58 Å². The predicted octanol–water partition coefficient (Wildman–Crippen LogP) is 4.00. The quantitative estimate of drug-likeness (QED) is 0.683. The van der Waals surface area contributed by atoms with Crippen LogP contribution < -0.4 is 10.6 Å². The van der Waals surface area contributed by atoms with Crippen LogP contribution in [0.2, 0.25) is 0 Å². The van der Waals surface area contributed by atoms with Crippen molar-refractivity contribution in [2.24, 2.45) is 0 Å². The van der Waals surface area contributed by atoms with Gasteiger partial charge in [-0.25, -0.2) is 0 Å². The molecule has 0 aliphatic heterocycles. The lowest BCUT2D eigenvalue weighted by atomic mass is 10.4. The molecule has 0 aromatic heterocycles. The molecule has 1 radical (unpaired) electrons. The van der Waals surface area contributed by atoms with Crippen LogP contribution in [0.5, 0.6) is 0 Å².